The Labute approximate surface area is 81.8 Å². The predicted molar refractivity (Wildman–Crippen MR) is 54.5 cm³/mol. The number of nitrogen functional groups attached to an aromatic ring is 1. The van der Waals surface area contributed by atoms with Crippen LogP contribution < -0.4 is 5.73 Å². The molecule has 1 aromatic heterocycles. The third-order valence-electron chi connectivity index (χ3n) is 2.04. The zero-order chi connectivity index (χ0) is 9.97. The van der Waals surface area contributed by atoms with Gasteiger partial charge in [-0.2, -0.15) is 0 Å². The molecule has 1 aromatic carbocycles. The Morgan fingerprint density at radius 2 is 1.93 bits per heavy atom. The Hall–Kier alpha value is -1.74. The van der Waals surface area contributed by atoms with Crippen molar-refractivity contribution in [2.45, 2.75) is 6.61 Å². The van der Waals surface area contributed by atoms with Crippen LogP contribution in [0.5, 0.6) is 0 Å². The molecule has 0 bridgehead atoms. The minimum absolute atomic E-state index is 0.0905. The lowest BCUT2D eigenvalue weighted by Crippen LogP contribution is -1.87. The summed E-state index contributed by atoms with van der Waals surface area (Å²) in [6, 6.07) is 11.0. The summed E-state index contributed by atoms with van der Waals surface area (Å²) >= 11 is 0. The average Bonchev–Trinajstić information content (AvgIpc) is 2.67. The van der Waals surface area contributed by atoms with Crippen LogP contribution in [0.1, 0.15) is 5.76 Å². The van der Waals surface area contributed by atoms with Gasteiger partial charge in [-0.1, -0.05) is 12.1 Å². The highest BCUT2D eigenvalue weighted by atomic mass is 16.4. The summed E-state index contributed by atoms with van der Waals surface area (Å²) in [5.74, 6) is 1.23. The first-order valence-corrected chi connectivity index (χ1v) is 4.35. The van der Waals surface area contributed by atoms with Crippen LogP contribution in [0, 0.1) is 0 Å². The first kappa shape index (κ1) is 8.84. The van der Waals surface area contributed by atoms with Crippen LogP contribution >= 0.6 is 0 Å². The fourth-order valence-corrected chi connectivity index (χ4v) is 1.33. The summed E-state index contributed by atoms with van der Waals surface area (Å²) in [5, 5.41) is 8.84. The number of aliphatic hydroxyl groups excluding tert-OH is 1. The van der Waals surface area contributed by atoms with E-state index < -0.39 is 0 Å². The minimum Gasteiger partial charge on any atom is -0.459 e. The maximum atomic E-state index is 8.84. The third kappa shape index (κ3) is 1.49. The standard InChI is InChI=1S/C11H11NO2/c12-10-4-2-1-3-9(10)11-6-5-8(7-13)14-11/h1-6,13H,7,12H2. The number of benzene rings is 1. The van der Waals surface area contributed by atoms with Crippen molar-refractivity contribution in [3.63, 3.8) is 0 Å². The molecule has 1 heterocycles. The molecule has 0 aliphatic heterocycles. The second kappa shape index (κ2) is 3.55. The number of hydrogen-bond donors (Lipinski definition) is 2. The van der Waals surface area contributed by atoms with Gasteiger partial charge in [0.2, 0.25) is 0 Å². The fraction of sp³-hybridized carbons (Fsp3) is 0.0909. The Morgan fingerprint density at radius 3 is 2.57 bits per heavy atom. The van der Waals surface area contributed by atoms with Gasteiger partial charge < -0.3 is 15.3 Å². The van der Waals surface area contributed by atoms with E-state index >= 15 is 0 Å². The molecule has 0 radical (unpaired) electrons. The molecule has 0 saturated heterocycles. The van der Waals surface area contributed by atoms with Gasteiger partial charge in [0, 0.05) is 11.3 Å². The van der Waals surface area contributed by atoms with Crippen LogP contribution in [0.4, 0.5) is 5.69 Å². The second-order valence-electron chi connectivity index (χ2n) is 3.01. The van der Waals surface area contributed by atoms with Crippen molar-refractivity contribution < 1.29 is 9.52 Å². The highest BCUT2D eigenvalue weighted by Gasteiger charge is 2.06. The number of rotatable bonds is 2. The number of aliphatic hydroxyl groups is 1. The summed E-state index contributed by atoms with van der Waals surface area (Å²) in [6.07, 6.45) is 0. The molecule has 0 fully saturated rings. The Balaban J connectivity index is 2.44. The molecule has 2 aromatic rings. The zero-order valence-corrected chi connectivity index (χ0v) is 7.60. The quantitative estimate of drug-likeness (QED) is 0.710. The molecule has 0 aliphatic carbocycles. The van der Waals surface area contributed by atoms with Gasteiger partial charge in [-0.25, -0.2) is 0 Å². The molecule has 0 aliphatic rings. The fourth-order valence-electron chi connectivity index (χ4n) is 1.33. The van der Waals surface area contributed by atoms with Gasteiger partial charge in [0.1, 0.15) is 18.1 Å². The van der Waals surface area contributed by atoms with E-state index in [1.807, 2.05) is 24.3 Å². The summed E-state index contributed by atoms with van der Waals surface area (Å²) in [7, 11) is 0. The van der Waals surface area contributed by atoms with Crippen molar-refractivity contribution in [1.82, 2.24) is 0 Å². The van der Waals surface area contributed by atoms with Crippen LogP contribution in [0.3, 0.4) is 0 Å². The summed E-state index contributed by atoms with van der Waals surface area (Å²) in [6.45, 7) is -0.0905. The summed E-state index contributed by atoms with van der Waals surface area (Å²) in [5.41, 5.74) is 7.31. The van der Waals surface area contributed by atoms with Crippen molar-refractivity contribution in [3.05, 3.63) is 42.2 Å². The molecule has 3 N–H and O–H groups in total. The van der Waals surface area contributed by atoms with Crippen LogP contribution in [-0.2, 0) is 6.61 Å². The van der Waals surface area contributed by atoms with Crippen molar-refractivity contribution in [3.8, 4) is 11.3 Å². The van der Waals surface area contributed by atoms with Gasteiger partial charge in [0.25, 0.3) is 0 Å². The SMILES string of the molecule is Nc1ccccc1-c1ccc(CO)o1. The van der Waals surface area contributed by atoms with Crippen LogP contribution in [0.25, 0.3) is 11.3 Å². The van der Waals surface area contributed by atoms with Gasteiger partial charge >= 0.3 is 0 Å². The van der Waals surface area contributed by atoms with Crippen molar-refractivity contribution >= 4 is 5.69 Å². The van der Waals surface area contributed by atoms with E-state index in [2.05, 4.69) is 0 Å². The monoisotopic (exact) mass is 189 g/mol. The zero-order valence-electron chi connectivity index (χ0n) is 7.60. The van der Waals surface area contributed by atoms with E-state index in [4.69, 9.17) is 15.3 Å². The number of para-hydroxylation sites is 1. The maximum Gasteiger partial charge on any atom is 0.136 e. The molecule has 2 rings (SSSR count). The Morgan fingerprint density at radius 1 is 1.14 bits per heavy atom. The normalized spacial score (nSPS) is 10.4. The number of nitrogens with two attached hydrogens (primary N) is 1. The molecular weight excluding hydrogens is 178 g/mol. The topological polar surface area (TPSA) is 59.4 Å². The maximum absolute atomic E-state index is 8.84. The number of furan rings is 1. The highest BCUT2D eigenvalue weighted by molar-refractivity contribution is 5.72. The molecular formula is C11H11NO2. The van der Waals surface area contributed by atoms with E-state index in [0.29, 0.717) is 17.2 Å². The summed E-state index contributed by atoms with van der Waals surface area (Å²) in [4.78, 5) is 0. The first-order valence-electron chi connectivity index (χ1n) is 4.35. The number of hydrogen-bond acceptors (Lipinski definition) is 3. The molecule has 72 valence electrons. The summed E-state index contributed by atoms with van der Waals surface area (Å²) < 4.78 is 5.37. The van der Waals surface area contributed by atoms with Gasteiger partial charge in [0.15, 0.2) is 0 Å². The highest BCUT2D eigenvalue weighted by Crippen LogP contribution is 2.27. The van der Waals surface area contributed by atoms with Gasteiger partial charge in [-0.15, -0.1) is 0 Å². The van der Waals surface area contributed by atoms with Crippen LogP contribution in [-0.4, -0.2) is 5.11 Å². The van der Waals surface area contributed by atoms with Crippen LogP contribution in [0.2, 0.25) is 0 Å². The Bertz CT molecular complexity index is 434. The average molecular weight is 189 g/mol. The molecule has 3 heteroatoms. The lowest BCUT2D eigenvalue weighted by molar-refractivity contribution is 0.248. The van der Waals surface area contributed by atoms with Crippen molar-refractivity contribution in [1.29, 1.82) is 0 Å². The van der Waals surface area contributed by atoms with Crippen LogP contribution in [0.15, 0.2) is 40.8 Å². The molecule has 0 unspecified atom stereocenters. The lowest BCUT2D eigenvalue weighted by Gasteiger charge is -2.00. The molecule has 3 nitrogen and oxygen atoms in total. The van der Waals surface area contributed by atoms with E-state index in [1.54, 1.807) is 12.1 Å². The van der Waals surface area contributed by atoms with Gasteiger partial charge in [-0.3, -0.25) is 0 Å². The third-order valence-corrected chi connectivity index (χ3v) is 2.04. The van der Waals surface area contributed by atoms with E-state index in [1.165, 1.54) is 0 Å². The molecule has 0 atom stereocenters. The molecule has 14 heavy (non-hydrogen) atoms. The van der Waals surface area contributed by atoms with Crippen molar-refractivity contribution in [2.24, 2.45) is 0 Å². The molecule has 0 saturated carbocycles. The molecule has 0 amide bonds. The smallest absolute Gasteiger partial charge is 0.136 e. The number of anilines is 1. The molecule has 0 spiro atoms. The van der Waals surface area contributed by atoms with E-state index in [0.717, 1.165) is 5.56 Å². The Kier molecular flexibility index (Phi) is 2.24. The lowest BCUT2D eigenvalue weighted by atomic mass is 10.1. The largest absolute Gasteiger partial charge is 0.459 e. The second-order valence-corrected chi connectivity index (χ2v) is 3.01. The first-order chi connectivity index (χ1) is 6.81. The van der Waals surface area contributed by atoms with Crippen molar-refractivity contribution in [2.75, 3.05) is 5.73 Å². The van der Waals surface area contributed by atoms with Gasteiger partial charge in [0.05, 0.1) is 0 Å². The van der Waals surface area contributed by atoms with E-state index in [-0.39, 0.29) is 6.61 Å². The minimum atomic E-state index is -0.0905. The van der Waals surface area contributed by atoms with Gasteiger partial charge in [-0.05, 0) is 24.3 Å². The predicted octanol–water partition coefficient (Wildman–Crippen LogP) is 2.02. The van der Waals surface area contributed by atoms with E-state index in [9.17, 15) is 0 Å².